The lowest BCUT2D eigenvalue weighted by Crippen LogP contribution is -2.26. The summed E-state index contributed by atoms with van der Waals surface area (Å²) in [4.78, 5) is 15.2. The zero-order valence-electron chi connectivity index (χ0n) is 11.6. The first-order valence-corrected chi connectivity index (χ1v) is 6.82. The van der Waals surface area contributed by atoms with Crippen molar-refractivity contribution in [2.75, 3.05) is 0 Å². The minimum Gasteiger partial charge on any atom is -0.269 e. The third kappa shape index (κ3) is 3.51. The standard InChI is InChI=1S/C13H6Cl2F6N2O/c1-5-22-9(13(19,20)21)4-10(24)23(5)11-7(14)2-6(3-8(11)15)12(16,17)18/h2-4H,1H3. The molecule has 0 saturated heterocycles. The van der Waals surface area contributed by atoms with Crippen molar-refractivity contribution in [2.45, 2.75) is 19.3 Å². The van der Waals surface area contributed by atoms with E-state index < -0.39 is 45.0 Å². The first-order valence-electron chi connectivity index (χ1n) is 6.07. The van der Waals surface area contributed by atoms with E-state index in [4.69, 9.17) is 23.2 Å². The van der Waals surface area contributed by atoms with Crippen molar-refractivity contribution in [3.05, 3.63) is 55.7 Å². The molecule has 24 heavy (non-hydrogen) atoms. The van der Waals surface area contributed by atoms with E-state index in [1.807, 2.05) is 0 Å². The normalized spacial score (nSPS) is 12.5. The van der Waals surface area contributed by atoms with E-state index in [9.17, 15) is 31.1 Å². The van der Waals surface area contributed by atoms with Crippen molar-refractivity contribution in [1.29, 1.82) is 0 Å². The smallest absolute Gasteiger partial charge is 0.269 e. The van der Waals surface area contributed by atoms with Crippen LogP contribution < -0.4 is 5.56 Å². The maximum atomic E-state index is 12.7. The van der Waals surface area contributed by atoms with E-state index >= 15 is 0 Å². The Bertz CT molecular complexity index is 834. The van der Waals surface area contributed by atoms with Gasteiger partial charge in [-0.15, -0.1) is 0 Å². The Morgan fingerprint density at radius 2 is 1.46 bits per heavy atom. The summed E-state index contributed by atoms with van der Waals surface area (Å²) in [6.45, 7) is 1.07. The van der Waals surface area contributed by atoms with E-state index in [0.717, 1.165) is 6.92 Å². The van der Waals surface area contributed by atoms with Crippen LogP contribution in [0.4, 0.5) is 26.3 Å². The topological polar surface area (TPSA) is 34.9 Å². The molecule has 0 unspecified atom stereocenters. The Balaban J connectivity index is 2.72. The molecule has 0 spiro atoms. The molecule has 0 fully saturated rings. The first kappa shape index (κ1) is 18.6. The molecule has 2 aromatic rings. The lowest BCUT2D eigenvalue weighted by molar-refractivity contribution is -0.141. The van der Waals surface area contributed by atoms with Crippen LogP contribution in [-0.4, -0.2) is 9.55 Å². The molecule has 0 aliphatic heterocycles. The summed E-state index contributed by atoms with van der Waals surface area (Å²) < 4.78 is 76.6. The van der Waals surface area contributed by atoms with Crippen LogP contribution in [0.5, 0.6) is 0 Å². The summed E-state index contributed by atoms with van der Waals surface area (Å²) in [6.07, 6.45) is -9.58. The number of alkyl halides is 6. The monoisotopic (exact) mass is 390 g/mol. The molecular weight excluding hydrogens is 385 g/mol. The Kier molecular flexibility index (Phi) is 4.62. The Hall–Kier alpha value is -1.74. The molecule has 1 aromatic carbocycles. The van der Waals surface area contributed by atoms with E-state index in [2.05, 4.69) is 4.98 Å². The maximum Gasteiger partial charge on any atom is 0.433 e. The Morgan fingerprint density at radius 1 is 0.958 bits per heavy atom. The van der Waals surface area contributed by atoms with Crippen LogP contribution >= 0.6 is 23.2 Å². The maximum absolute atomic E-state index is 12.7. The highest BCUT2D eigenvalue weighted by molar-refractivity contribution is 6.37. The minimum atomic E-state index is -4.85. The summed E-state index contributed by atoms with van der Waals surface area (Å²) in [5.74, 6) is -0.432. The third-order valence-corrected chi connectivity index (χ3v) is 3.52. The number of aromatic nitrogens is 2. The second kappa shape index (κ2) is 5.96. The summed E-state index contributed by atoms with van der Waals surface area (Å²) in [7, 11) is 0. The zero-order valence-corrected chi connectivity index (χ0v) is 13.1. The predicted molar refractivity (Wildman–Crippen MR) is 74.6 cm³/mol. The largest absolute Gasteiger partial charge is 0.433 e. The molecule has 0 atom stereocenters. The van der Waals surface area contributed by atoms with Crippen LogP contribution in [0.1, 0.15) is 17.1 Å². The fourth-order valence-corrected chi connectivity index (χ4v) is 2.61. The number of benzene rings is 1. The number of nitrogens with zero attached hydrogens (tertiary/aromatic N) is 2. The lowest BCUT2D eigenvalue weighted by atomic mass is 10.2. The van der Waals surface area contributed by atoms with Crippen molar-refractivity contribution in [3.63, 3.8) is 0 Å². The van der Waals surface area contributed by atoms with Gasteiger partial charge in [0.2, 0.25) is 0 Å². The molecule has 0 N–H and O–H groups in total. The van der Waals surface area contributed by atoms with Crippen molar-refractivity contribution in [2.24, 2.45) is 0 Å². The molecule has 1 heterocycles. The van der Waals surface area contributed by atoms with Crippen LogP contribution in [-0.2, 0) is 12.4 Å². The SMILES string of the molecule is Cc1nc(C(F)(F)F)cc(=O)n1-c1c(Cl)cc(C(F)(F)F)cc1Cl. The van der Waals surface area contributed by atoms with Gasteiger partial charge in [-0.05, 0) is 19.1 Å². The summed E-state index contributed by atoms with van der Waals surface area (Å²) >= 11 is 11.5. The molecule has 0 bridgehead atoms. The van der Waals surface area contributed by atoms with Gasteiger partial charge in [0.25, 0.3) is 5.56 Å². The molecule has 1 aromatic heterocycles. The average Bonchev–Trinajstić information content (AvgIpc) is 2.38. The van der Waals surface area contributed by atoms with Gasteiger partial charge in [0.1, 0.15) is 5.82 Å². The number of rotatable bonds is 1. The van der Waals surface area contributed by atoms with Gasteiger partial charge in [0, 0.05) is 6.07 Å². The van der Waals surface area contributed by atoms with Crippen LogP contribution in [0, 0.1) is 6.92 Å². The van der Waals surface area contributed by atoms with Gasteiger partial charge in [-0.2, -0.15) is 26.3 Å². The van der Waals surface area contributed by atoms with Crippen molar-refractivity contribution in [3.8, 4) is 5.69 Å². The van der Waals surface area contributed by atoms with Crippen molar-refractivity contribution >= 4 is 23.2 Å². The van der Waals surface area contributed by atoms with Crippen LogP contribution in [0.25, 0.3) is 5.69 Å². The Morgan fingerprint density at radius 3 is 1.83 bits per heavy atom. The van der Waals surface area contributed by atoms with Gasteiger partial charge in [-0.3, -0.25) is 9.36 Å². The molecule has 2 rings (SSSR count). The van der Waals surface area contributed by atoms with Gasteiger partial charge in [0.05, 0.1) is 21.3 Å². The zero-order chi connectivity index (χ0) is 18.4. The number of halogens is 8. The minimum absolute atomic E-state index is 0.206. The Labute approximate surface area is 140 Å². The van der Waals surface area contributed by atoms with Crippen LogP contribution in [0.3, 0.4) is 0 Å². The fourth-order valence-electron chi connectivity index (χ4n) is 1.96. The second-order valence-electron chi connectivity index (χ2n) is 4.65. The number of aryl methyl sites for hydroxylation is 1. The third-order valence-electron chi connectivity index (χ3n) is 2.94. The molecule has 0 saturated carbocycles. The van der Waals surface area contributed by atoms with Gasteiger partial charge < -0.3 is 0 Å². The second-order valence-corrected chi connectivity index (χ2v) is 5.46. The highest BCUT2D eigenvalue weighted by atomic mass is 35.5. The lowest BCUT2D eigenvalue weighted by Gasteiger charge is -2.16. The molecule has 0 aliphatic rings. The molecule has 0 amide bonds. The van der Waals surface area contributed by atoms with Crippen LogP contribution in [0.15, 0.2) is 23.0 Å². The molecular formula is C13H6Cl2F6N2O. The van der Waals surface area contributed by atoms with Gasteiger partial charge in [-0.25, -0.2) is 4.98 Å². The summed E-state index contributed by atoms with van der Waals surface area (Å²) in [5.41, 5.74) is -4.15. The highest BCUT2D eigenvalue weighted by Gasteiger charge is 2.35. The quantitative estimate of drug-likeness (QED) is 0.650. The van der Waals surface area contributed by atoms with Crippen molar-refractivity contribution in [1.82, 2.24) is 9.55 Å². The van der Waals surface area contributed by atoms with E-state index in [0.29, 0.717) is 16.7 Å². The molecule has 11 heteroatoms. The highest BCUT2D eigenvalue weighted by Crippen LogP contribution is 2.37. The fraction of sp³-hybridized carbons (Fsp3) is 0.231. The van der Waals surface area contributed by atoms with E-state index in [1.165, 1.54) is 0 Å². The molecule has 0 radical (unpaired) electrons. The first-order chi connectivity index (χ1) is 10.8. The van der Waals surface area contributed by atoms with E-state index in [-0.39, 0.29) is 11.8 Å². The average molecular weight is 391 g/mol. The molecule has 130 valence electrons. The van der Waals surface area contributed by atoms with Gasteiger partial charge in [-0.1, -0.05) is 23.2 Å². The predicted octanol–water partition coefficient (Wildman–Crippen LogP) is 4.89. The van der Waals surface area contributed by atoms with E-state index in [1.54, 1.807) is 0 Å². The summed E-state index contributed by atoms with van der Waals surface area (Å²) in [6, 6.07) is 1.25. The van der Waals surface area contributed by atoms with Crippen molar-refractivity contribution < 1.29 is 26.3 Å². The van der Waals surface area contributed by atoms with Crippen LogP contribution in [0.2, 0.25) is 10.0 Å². The number of hydrogen-bond acceptors (Lipinski definition) is 2. The van der Waals surface area contributed by atoms with Gasteiger partial charge >= 0.3 is 12.4 Å². The van der Waals surface area contributed by atoms with Gasteiger partial charge in [0.15, 0.2) is 5.69 Å². The summed E-state index contributed by atoms with van der Waals surface area (Å²) in [5, 5.41) is -1.11. The number of hydrogen-bond donors (Lipinski definition) is 0. The molecule has 3 nitrogen and oxygen atoms in total. The molecule has 0 aliphatic carbocycles.